The lowest BCUT2D eigenvalue weighted by atomic mass is 10.0. The van der Waals surface area contributed by atoms with E-state index in [0.29, 0.717) is 10.3 Å². The molecule has 3 heterocycles. The van der Waals surface area contributed by atoms with Crippen LogP contribution in [0.3, 0.4) is 0 Å². The fourth-order valence-corrected chi connectivity index (χ4v) is 2.85. The second-order valence-corrected chi connectivity index (χ2v) is 5.79. The summed E-state index contributed by atoms with van der Waals surface area (Å²) >= 11 is 3.36. The first-order chi connectivity index (χ1) is 9.65. The Morgan fingerprint density at radius 3 is 3.20 bits per heavy atom. The van der Waals surface area contributed by atoms with Crippen molar-refractivity contribution < 1.29 is 4.79 Å². The highest BCUT2D eigenvalue weighted by Gasteiger charge is 2.26. The quantitative estimate of drug-likeness (QED) is 0.859. The first-order valence-corrected chi connectivity index (χ1v) is 7.38. The molecule has 0 aromatic carbocycles. The minimum Gasteiger partial charge on any atom is -0.322 e. The Labute approximate surface area is 125 Å². The fraction of sp³-hybridized carbons (Fsp3) is 0.357. The number of carbonyl (C=O) groups excluding carboxylic acids is 1. The normalized spacial score (nSPS) is 17.6. The van der Waals surface area contributed by atoms with Gasteiger partial charge in [0.05, 0.1) is 12.0 Å². The van der Waals surface area contributed by atoms with Crippen LogP contribution in [0.25, 0.3) is 0 Å². The van der Waals surface area contributed by atoms with Gasteiger partial charge in [0.15, 0.2) is 0 Å². The van der Waals surface area contributed by atoms with Crippen LogP contribution in [0.2, 0.25) is 0 Å². The van der Waals surface area contributed by atoms with Gasteiger partial charge in [-0.05, 0) is 53.7 Å². The van der Waals surface area contributed by atoms with Crippen LogP contribution in [0.15, 0.2) is 29.4 Å². The van der Waals surface area contributed by atoms with Gasteiger partial charge in [0, 0.05) is 18.1 Å². The monoisotopic (exact) mass is 334 g/mol. The van der Waals surface area contributed by atoms with Crippen LogP contribution in [0.4, 0.5) is 5.69 Å². The molecule has 1 atom stereocenters. The zero-order valence-electron chi connectivity index (χ0n) is 11.1. The molecule has 1 aliphatic rings. The summed E-state index contributed by atoms with van der Waals surface area (Å²) in [5.41, 5.74) is 2.84. The second kappa shape index (κ2) is 5.36. The highest BCUT2D eigenvalue weighted by atomic mass is 79.9. The van der Waals surface area contributed by atoms with Crippen LogP contribution < -0.4 is 5.32 Å². The number of amides is 1. The molecular weight excluding hydrogens is 320 g/mol. The van der Waals surface area contributed by atoms with E-state index in [1.54, 1.807) is 12.5 Å². The number of pyridine rings is 1. The van der Waals surface area contributed by atoms with E-state index >= 15 is 0 Å². The van der Waals surface area contributed by atoms with E-state index < -0.39 is 0 Å². The lowest BCUT2D eigenvalue weighted by Crippen LogP contribution is -2.29. The molecule has 0 saturated heterocycles. The number of hydrogen-bond donors (Lipinski definition) is 1. The Hall–Kier alpha value is -1.69. The SMILES string of the molecule is Cc1cnc(Br)c(NC(=O)C2CCCc3cncn32)c1. The molecule has 0 radical (unpaired) electrons. The van der Waals surface area contributed by atoms with Crippen molar-refractivity contribution in [1.29, 1.82) is 0 Å². The van der Waals surface area contributed by atoms with Crippen molar-refractivity contribution in [3.8, 4) is 0 Å². The summed E-state index contributed by atoms with van der Waals surface area (Å²) < 4.78 is 2.62. The molecular formula is C14H15BrN4O. The summed E-state index contributed by atoms with van der Waals surface area (Å²) in [7, 11) is 0. The molecule has 104 valence electrons. The van der Waals surface area contributed by atoms with E-state index in [-0.39, 0.29) is 11.9 Å². The molecule has 20 heavy (non-hydrogen) atoms. The zero-order chi connectivity index (χ0) is 14.1. The maximum atomic E-state index is 12.5. The Morgan fingerprint density at radius 1 is 1.50 bits per heavy atom. The van der Waals surface area contributed by atoms with Crippen molar-refractivity contribution in [3.63, 3.8) is 0 Å². The van der Waals surface area contributed by atoms with E-state index in [4.69, 9.17) is 0 Å². The van der Waals surface area contributed by atoms with E-state index in [0.717, 1.165) is 30.5 Å². The molecule has 1 unspecified atom stereocenters. The third-order valence-corrected chi connectivity index (χ3v) is 4.16. The van der Waals surface area contributed by atoms with Crippen molar-refractivity contribution in [2.75, 3.05) is 5.32 Å². The Morgan fingerprint density at radius 2 is 2.35 bits per heavy atom. The van der Waals surface area contributed by atoms with Gasteiger partial charge >= 0.3 is 0 Å². The van der Waals surface area contributed by atoms with Gasteiger partial charge in [0.25, 0.3) is 0 Å². The van der Waals surface area contributed by atoms with E-state index in [1.165, 1.54) is 0 Å². The topological polar surface area (TPSA) is 59.8 Å². The average Bonchev–Trinajstić information content (AvgIpc) is 2.91. The number of nitrogens with one attached hydrogen (secondary N) is 1. The number of carbonyl (C=O) groups is 1. The van der Waals surface area contributed by atoms with Gasteiger partial charge in [-0.3, -0.25) is 4.79 Å². The van der Waals surface area contributed by atoms with E-state index in [9.17, 15) is 4.79 Å². The Balaban J connectivity index is 1.83. The summed E-state index contributed by atoms with van der Waals surface area (Å²) in [5, 5.41) is 2.95. The smallest absolute Gasteiger partial charge is 0.247 e. The maximum Gasteiger partial charge on any atom is 0.247 e. The number of imidazole rings is 1. The lowest BCUT2D eigenvalue weighted by molar-refractivity contribution is -0.119. The van der Waals surface area contributed by atoms with Crippen molar-refractivity contribution in [1.82, 2.24) is 14.5 Å². The molecule has 3 rings (SSSR count). The average molecular weight is 335 g/mol. The summed E-state index contributed by atoms with van der Waals surface area (Å²) in [6, 6.07) is 1.72. The highest BCUT2D eigenvalue weighted by Crippen LogP contribution is 2.27. The molecule has 6 heteroatoms. The molecule has 0 saturated carbocycles. The molecule has 1 aliphatic heterocycles. The molecule has 0 bridgehead atoms. The number of aryl methyl sites for hydroxylation is 2. The van der Waals surface area contributed by atoms with Gasteiger partial charge in [-0.2, -0.15) is 0 Å². The third-order valence-electron chi connectivity index (χ3n) is 3.53. The molecule has 2 aromatic rings. The third kappa shape index (κ3) is 2.47. The minimum absolute atomic E-state index is 0.0166. The Bertz CT molecular complexity index is 652. The number of nitrogens with zero attached hydrogens (tertiary/aromatic N) is 3. The summed E-state index contributed by atoms with van der Waals surface area (Å²) in [5.74, 6) is -0.0166. The minimum atomic E-state index is -0.186. The van der Waals surface area contributed by atoms with Crippen molar-refractivity contribution in [2.45, 2.75) is 32.2 Å². The predicted octanol–water partition coefficient (Wildman–Crippen LogP) is 2.87. The molecule has 0 spiro atoms. The van der Waals surface area contributed by atoms with Crippen LogP contribution in [0.5, 0.6) is 0 Å². The summed E-state index contributed by atoms with van der Waals surface area (Å²) in [6.45, 7) is 1.95. The van der Waals surface area contributed by atoms with E-state index in [2.05, 4.69) is 31.2 Å². The lowest BCUT2D eigenvalue weighted by Gasteiger charge is -2.24. The number of halogens is 1. The van der Waals surface area contributed by atoms with Gasteiger partial charge in [-0.25, -0.2) is 9.97 Å². The van der Waals surface area contributed by atoms with Crippen molar-refractivity contribution in [2.24, 2.45) is 0 Å². The zero-order valence-corrected chi connectivity index (χ0v) is 12.7. The van der Waals surface area contributed by atoms with E-state index in [1.807, 2.05) is 23.8 Å². The van der Waals surface area contributed by atoms with Crippen LogP contribution in [-0.4, -0.2) is 20.4 Å². The van der Waals surface area contributed by atoms with Gasteiger partial charge < -0.3 is 9.88 Å². The number of anilines is 1. The van der Waals surface area contributed by atoms with Crippen LogP contribution >= 0.6 is 15.9 Å². The van der Waals surface area contributed by atoms with Crippen LogP contribution in [0, 0.1) is 6.92 Å². The first kappa shape index (κ1) is 13.3. The molecule has 1 N–H and O–H groups in total. The number of rotatable bonds is 2. The van der Waals surface area contributed by atoms with Crippen LogP contribution in [-0.2, 0) is 11.2 Å². The second-order valence-electron chi connectivity index (χ2n) is 5.04. The summed E-state index contributed by atoms with van der Waals surface area (Å²) in [6.07, 6.45) is 8.17. The predicted molar refractivity (Wildman–Crippen MR) is 79.5 cm³/mol. The number of aromatic nitrogens is 3. The highest BCUT2D eigenvalue weighted by molar-refractivity contribution is 9.10. The van der Waals surface area contributed by atoms with Gasteiger partial charge in [0.2, 0.25) is 5.91 Å². The molecule has 0 fully saturated rings. The molecule has 0 aliphatic carbocycles. The Kier molecular flexibility index (Phi) is 3.56. The maximum absolute atomic E-state index is 12.5. The van der Waals surface area contributed by atoms with Gasteiger partial charge in [0.1, 0.15) is 10.6 Å². The molecule has 2 aromatic heterocycles. The number of hydrogen-bond acceptors (Lipinski definition) is 3. The molecule has 5 nitrogen and oxygen atoms in total. The summed E-state index contributed by atoms with van der Waals surface area (Å²) in [4.78, 5) is 20.8. The number of fused-ring (bicyclic) bond motifs is 1. The first-order valence-electron chi connectivity index (χ1n) is 6.59. The van der Waals surface area contributed by atoms with Crippen molar-refractivity contribution >= 4 is 27.5 Å². The fourth-order valence-electron chi connectivity index (χ4n) is 2.54. The van der Waals surface area contributed by atoms with Gasteiger partial charge in [-0.1, -0.05) is 0 Å². The van der Waals surface area contributed by atoms with Gasteiger partial charge in [-0.15, -0.1) is 0 Å². The van der Waals surface area contributed by atoms with Crippen molar-refractivity contribution in [3.05, 3.63) is 40.6 Å². The standard InChI is InChI=1S/C14H15BrN4O/c1-9-5-11(13(15)17-6-9)18-14(20)12-4-2-3-10-7-16-8-19(10)12/h5-8,12H,2-4H2,1H3,(H,18,20). The molecule has 1 amide bonds. The largest absolute Gasteiger partial charge is 0.322 e. The van der Waals surface area contributed by atoms with Crippen LogP contribution in [0.1, 0.15) is 30.1 Å².